The lowest BCUT2D eigenvalue weighted by Gasteiger charge is -2.18. The highest BCUT2D eigenvalue weighted by atomic mass is 35.5. The predicted octanol–water partition coefficient (Wildman–Crippen LogP) is 1.69. The molecule has 1 spiro atoms. The van der Waals surface area contributed by atoms with Gasteiger partial charge in [0, 0.05) is 13.0 Å². The van der Waals surface area contributed by atoms with Gasteiger partial charge in [0.15, 0.2) is 0 Å². The van der Waals surface area contributed by atoms with Crippen LogP contribution in [0, 0.1) is 5.82 Å². The summed E-state index contributed by atoms with van der Waals surface area (Å²) in [6.07, 6.45) is 0.470. The van der Waals surface area contributed by atoms with Crippen LogP contribution in [-0.2, 0) is 16.1 Å². The lowest BCUT2D eigenvalue weighted by Crippen LogP contribution is -2.47. The molecule has 0 saturated carbocycles. The van der Waals surface area contributed by atoms with Crippen LogP contribution in [-0.4, -0.2) is 35.6 Å². The molecule has 1 aromatic carbocycles. The molecule has 3 amide bonds. The zero-order valence-corrected chi connectivity index (χ0v) is 11.2. The van der Waals surface area contributed by atoms with E-state index in [2.05, 4.69) is 5.32 Å². The quantitative estimate of drug-likeness (QED) is 0.845. The maximum Gasteiger partial charge on any atom is 0.325 e. The van der Waals surface area contributed by atoms with E-state index in [4.69, 9.17) is 16.3 Å². The van der Waals surface area contributed by atoms with Gasteiger partial charge in [-0.05, 0) is 17.7 Å². The molecule has 2 saturated heterocycles. The Balaban J connectivity index is 1.82. The summed E-state index contributed by atoms with van der Waals surface area (Å²) in [5, 5.41) is 2.65. The van der Waals surface area contributed by atoms with Gasteiger partial charge < -0.3 is 10.1 Å². The summed E-state index contributed by atoms with van der Waals surface area (Å²) < 4.78 is 18.3. The SMILES string of the molecule is O=C1N[C@]2(CCOC2)C(=O)N1Cc1ccc(F)c(Cl)c1. The molecular formula is C13H12ClFN2O3. The van der Waals surface area contributed by atoms with Crippen LogP contribution in [0.15, 0.2) is 18.2 Å². The van der Waals surface area contributed by atoms with E-state index in [1.807, 2.05) is 0 Å². The number of benzene rings is 1. The summed E-state index contributed by atoms with van der Waals surface area (Å²) in [6, 6.07) is 3.66. The molecule has 7 heteroatoms. The van der Waals surface area contributed by atoms with E-state index in [1.165, 1.54) is 18.2 Å². The highest BCUT2D eigenvalue weighted by Gasteiger charge is 2.53. The zero-order chi connectivity index (χ0) is 14.3. The highest BCUT2D eigenvalue weighted by molar-refractivity contribution is 6.30. The largest absolute Gasteiger partial charge is 0.378 e. The second-order valence-corrected chi connectivity index (χ2v) is 5.36. The molecule has 3 rings (SSSR count). The van der Waals surface area contributed by atoms with E-state index in [0.29, 0.717) is 18.6 Å². The minimum Gasteiger partial charge on any atom is -0.378 e. The number of carbonyl (C=O) groups excluding carboxylic acids is 2. The van der Waals surface area contributed by atoms with Crippen molar-refractivity contribution in [1.29, 1.82) is 0 Å². The number of hydrogen-bond acceptors (Lipinski definition) is 3. The van der Waals surface area contributed by atoms with Crippen LogP contribution in [0.5, 0.6) is 0 Å². The lowest BCUT2D eigenvalue weighted by molar-refractivity contribution is -0.131. The summed E-state index contributed by atoms with van der Waals surface area (Å²) in [5.74, 6) is -0.839. The normalized spacial score (nSPS) is 25.6. The fraction of sp³-hybridized carbons (Fsp3) is 0.385. The van der Waals surface area contributed by atoms with Gasteiger partial charge in [0.05, 0.1) is 18.2 Å². The second-order valence-electron chi connectivity index (χ2n) is 4.95. The Bertz CT molecular complexity index is 587. The first-order valence-corrected chi connectivity index (χ1v) is 6.55. The van der Waals surface area contributed by atoms with E-state index < -0.39 is 17.4 Å². The van der Waals surface area contributed by atoms with Crippen LogP contribution in [0.4, 0.5) is 9.18 Å². The maximum absolute atomic E-state index is 13.1. The summed E-state index contributed by atoms with van der Waals surface area (Å²) in [4.78, 5) is 25.4. The van der Waals surface area contributed by atoms with Crippen molar-refractivity contribution in [2.24, 2.45) is 0 Å². The van der Waals surface area contributed by atoms with Crippen molar-refractivity contribution in [3.8, 4) is 0 Å². The van der Waals surface area contributed by atoms with Gasteiger partial charge >= 0.3 is 6.03 Å². The molecule has 2 heterocycles. The van der Waals surface area contributed by atoms with E-state index >= 15 is 0 Å². The standard InChI is InChI=1S/C13H12ClFN2O3/c14-9-5-8(1-2-10(9)15)6-17-11(18)13(16-12(17)19)3-4-20-7-13/h1-2,5H,3-4,6-7H2,(H,16,19)/t13-/m0/s1. The molecule has 0 aromatic heterocycles. The van der Waals surface area contributed by atoms with Gasteiger partial charge in [-0.2, -0.15) is 0 Å². The molecular weight excluding hydrogens is 287 g/mol. The molecule has 1 N–H and O–H groups in total. The minimum atomic E-state index is -0.930. The Morgan fingerprint density at radius 2 is 2.25 bits per heavy atom. The number of halogens is 2. The van der Waals surface area contributed by atoms with Crippen LogP contribution < -0.4 is 5.32 Å². The number of nitrogens with one attached hydrogen (secondary N) is 1. The first-order valence-electron chi connectivity index (χ1n) is 6.18. The van der Waals surface area contributed by atoms with Gasteiger partial charge in [0.2, 0.25) is 0 Å². The Hall–Kier alpha value is -1.66. The fourth-order valence-corrected chi connectivity index (χ4v) is 2.68. The number of amides is 3. The van der Waals surface area contributed by atoms with Crippen molar-refractivity contribution < 1.29 is 18.7 Å². The zero-order valence-electron chi connectivity index (χ0n) is 10.5. The third-order valence-corrected chi connectivity index (χ3v) is 3.88. The smallest absolute Gasteiger partial charge is 0.325 e. The van der Waals surface area contributed by atoms with Crippen molar-refractivity contribution in [2.45, 2.75) is 18.5 Å². The van der Waals surface area contributed by atoms with Gasteiger partial charge in [-0.3, -0.25) is 9.69 Å². The number of carbonyl (C=O) groups is 2. The number of urea groups is 1. The third-order valence-electron chi connectivity index (χ3n) is 3.59. The van der Waals surface area contributed by atoms with Crippen molar-refractivity contribution in [2.75, 3.05) is 13.2 Å². The summed E-state index contributed by atoms with van der Waals surface area (Å²) >= 11 is 5.69. The van der Waals surface area contributed by atoms with E-state index in [9.17, 15) is 14.0 Å². The first-order chi connectivity index (χ1) is 9.52. The number of rotatable bonds is 2. The summed E-state index contributed by atoms with van der Waals surface area (Å²) in [5.41, 5.74) is -0.336. The van der Waals surface area contributed by atoms with Crippen molar-refractivity contribution >= 4 is 23.5 Å². The molecule has 0 unspecified atom stereocenters. The Labute approximate surface area is 119 Å². The van der Waals surface area contributed by atoms with Gasteiger partial charge in [-0.25, -0.2) is 9.18 Å². The van der Waals surface area contributed by atoms with Crippen LogP contribution in [0.3, 0.4) is 0 Å². The Morgan fingerprint density at radius 3 is 2.90 bits per heavy atom. The van der Waals surface area contributed by atoms with E-state index in [0.717, 1.165) is 4.90 Å². The Morgan fingerprint density at radius 1 is 1.45 bits per heavy atom. The van der Waals surface area contributed by atoms with E-state index in [-0.39, 0.29) is 24.1 Å². The van der Waals surface area contributed by atoms with Crippen molar-refractivity contribution in [1.82, 2.24) is 10.2 Å². The van der Waals surface area contributed by atoms with Crippen LogP contribution in [0.1, 0.15) is 12.0 Å². The predicted molar refractivity (Wildman–Crippen MR) is 68.7 cm³/mol. The number of imide groups is 1. The van der Waals surface area contributed by atoms with Gasteiger partial charge in [-0.1, -0.05) is 17.7 Å². The van der Waals surface area contributed by atoms with Gasteiger partial charge in [0.25, 0.3) is 5.91 Å². The van der Waals surface area contributed by atoms with E-state index in [1.54, 1.807) is 0 Å². The molecule has 2 aliphatic heterocycles. The van der Waals surface area contributed by atoms with Gasteiger partial charge in [-0.15, -0.1) is 0 Å². The molecule has 2 aliphatic rings. The molecule has 20 heavy (non-hydrogen) atoms. The molecule has 2 fully saturated rings. The maximum atomic E-state index is 13.1. The molecule has 0 aliphatic carbocycles. The monoisotopic (exact) mass is 298 g/mol. The minimum absolute atomic E-state index is 0.0338. The number of ether oxygens (including phenoxy) is 1. The third kappa shape index (κ3) is 2.05. The average molecular weight is 299 g/mol. The van der Waals surface area contributed by atoms with Crippen LogP contribution in [0.25, 0.3) is 0 Å². The van der Waals surface area contributed by atoms with Gasteiger partial charge in [0.1, 0.15) is 11.4 Å². The topological polar surface area (TPSA) is 58.6 Å². The molecule has 1 aromatic rings. The number of nitrogens with zero attached hydrogens (tertiary/aromatic N) is 1. The Kier molecular flexibility index (Phi) is 3.14. The molecule has 0 radical (unpaired) electrons. The summed E-state index contributed by atoms with van der Waals surface area (Å²) in [6.45, 7) is 0.701. The van der Waals surface area contributed by atoms with Crippen LogP contribution in [0.2, 0.25) is 5.02 Å². The highest BCUT2D eigenvalue weighted by Crippen LogP contribution is 2.28. The molecule has 5 nitrogen and oxygen atoms in total. The summed E-state index contributed by atoms with van der Waals surface area (Å²) in [7, 11) is 0. The molecule has 0 bridgehead atoms. The number of hydrogen-bond donors (Lipinski definition) is 1. The first kappa shape index (κ1) is 13.3. The molecule has 1 atom stereocenters. The molecule has 106 valence electrons. The fourth-order valence-electron chi connectivity index (χ4n) is 2.47. The van der Waals surface area contributed by atoms with Crippen molar-refractivity contribution in [3.63, 3.8) is 0 Å². The lowest BCUT2D eigenvalue weighted by atomic mass is 9.99. The van der Waals surface area contributed by atoms with Crippen molar-refractivity contribution in [3.05, 3.63) is 34.6 Å². The second kappa shape index (κ2) is 4.71. The van der Waals surface area contributed by atoms with Crippen LogP contribution >= 0.6 is 11.6 Å². The average Bonchev–Trinajstić information content (AvgIpc) is 2.96.